The van der Waals surface area contributed by atoms with Crippen LogP contribution in [0.15, 0.2) is 60.7 Å². The number of carbonyl (C=O) groups is 1. The van der Waals surface area contributed by atoms with Gasteiger partial charge in [-0.3, -0.25) is 9.89 Å². The summed E-state index contributed by atoms with van der Waals surface area (Å²) in [6.45, 7) is 1.97. The molecule has 1 aliphatic rings. The number of aromatic amines is 1. The number of aromatic nitrogens is 2. The molecule has 0 aliphatic carbocycles. The van der Waals surface area contributed by atoms with Crippen LogP contribution in [0, 0.1) is 0 Å². The predicted molar refractivity (Wildman–Crippen MR) is 111 cm³/mol. The second-order valence-electron chi connectivity index (χ2n) is 6.96. The van der Waals surface area contributed by atoms with E-state index in [9.17, 15) is 4.79 Å². The summed E-state index contributed by atoms with van der Waals surface area (Å²) in [7, 11) is 1.78. The Labute approximate surface area is 164 Å². The average molecular weight is 376 g/mol. The van der Waals surface area contributed by atoms with Crippen LogP contribution in [0.2, 0.25) is 0 Å². The Morgan fingerprint density at radius 3 is 2.50 bits per heavy atom. The molecule has 4 rings (SSSR count). The van der Waals surface area contributed by atoms with Crippen LogP contribution in [0.1, 0.15) is 23.3 Å². The molecule has 2 heterocycles. The highest BCUT2D eigenvalue weighted by Gasteiger charge is 2.19. The first kappa shape index (κ1) is 18.3. The van der Waals surface area contributed by atoms with Gasteiger partial charge in [0.2, 0.25) is 0 Å². The van der Waals surface area contributed by atoms with E-state index in [1.54, 1.807) is 13.2 Å². The van der Waals surface area contributed by atoms with Crippen molar-refractivity contribution in [1.29, 1.82) is 0 Å². The summed E-state index contributed by atoms with van der Waals surface area (Å²) in [4.78, 5) is 14.9. The molecule has 1 aliphatic heterocycles. The third kappa shape index (κ3) is 4.07. The van der Waals surface area contributed by atoms with Crippen molar-refractivity contribution >= 4 is 17.3 Å². The monoisotopic (exact) mass is 376 g/mol. The Balaban J connectivity index is 1.38. The van der Waals surface area contributed by atoms with E-state index in [0.717, 1.165) is 42.9 Å². The van der Waals surface area contributed by atoms with Gasteiger partial charge in [-0.05, 0) is 43.2 Å². The van der Waals surface area contributed by atoms with Gasteiger partial charge in [-0.2, -0.15) is 5.10 Å². The van der Waals surface area contributed by atoms with Crippen molar-refractivity contribution in [2.75, 3.05) is 30.4 Å². The van der Waals surface area contributed by atoms with Crippen LogP contribution in [0.4, 0.5) is 11.4 Å². The fourth-order valence-electron chi connectivity index (χ4n) is 3.50. The summed E-state index contributed by atoms with van der Waals surface area (Å²) in [5.41, 5.74) is 4.08. The number of amides is 1. The van der Waals surface area contributed by atoms with Gasteiger partial charge in [0.25, 0.3) is 5.91 Å². The fraction of sp³-hybridized carbons (Fsp3) is 0.273. The van der Waals surface area contributed by atoms with E-state index in [0.29, 0.717) is 11.8 Å². The molecule has 2 N–H and O–H groups in total. The van der Waals surface area contributed by atoms with E-state index in [4.69, 9.17) is 4.74 Å². The lowest BCUT2D eigenvalue weighted by molar-refractivity contribution is 0.0819. The fourth-order valence-corrected chi connectivity index (χ4v) is 3.50. The van der Waals surface area contributed by atoms with Gasteiger partial charge >= 0.3 is 0 Å². The molecule has 0 spiro atoms. The molecule has 2 aromatic carbocycles. The molecule has 1 fully saturated rings. The molecule has 1 aromatic heterocycles. The zero-order chi connectivity index (χ0) is 19.3. The van der Waals surface area contributed by atoms with E-state index < -0.39 is 0 Å². The van der Waals surface area contributed by atoms with Crippen LogP contribution in [0.25, 0.3) is 11.3 Å². The lowest BCUT2D eigenvalue weighted by Gasteiger charge is -2.33. The molecular formula is C22H24N4O2. The largest absolute Gasteiger partial charge is 0.381 e. The van der Waals surface area contributed by atoms with Crippen LogP contribution in [-0.4, -0.2) is 42.4 Å². The number of carbonyl (C=O) groups excluding carboxylic acids is 1. The summed E-state index contributed by atoms with van der Waals surface area (Å²) < 4.78 is 5.43. The van der Waals surface area contributed by atoms with Crippen molar-refractivity contribution in [3.63, 3.8) is 0 Å². The summed E-state index contributed by atoms with van der Waals surface area (Å²) in [5, 5.41) is 9.97. The lowest BCUT2D eigenvalue weighted by atomic mass is 10.1. The minimum Gasteiger partial charge on any atom is -0.381 e. The van der Waals surface area contributed by atoms with Gasteiger partial charge in [-0.25, -0.2) is 0 Å². The number of ether oxygens (including phenoxy) is 1. The lowest BCUT2D eigenvalue weighted by Crippen LogP contribution is -2.36. The quantitative estimate of drug-likeness (QED) is 0.707. The first-order chi connectivity index (χ1) is 13.7. The Morgan fingerprint density at radius 1 is 1.11 bits per heavy atom. The van der Waals surface area contributed by atoms with Crippen molar-refractivity contribution in [2.24, 2.45) is 0 Å². The summed E-state index contributed by atoms with van der Waals surface area (Å²) in [5.74, 6) is -0.205. The number of anilines is 2. The second-order valence-corrected chi connectivity index (χ2v) is 6.96. The minimum absolute atomic E-state index is 0.205. The molecule has 6 heteroatoms. The molecule has 3 aromatic rings. The second kappa shape index (κ2) is 8.27. The number of piperidine rings is 1. The number of rotatable bonds is 5. The highest BCUT2D eigenvalue weighted by molar-refractivity contribution is 6.03. The topological polar surface area (TPSA) is 70.2 Å². The third-order valence-electron chi connectivity index (χ3n) is 5.16. The van der Waals surface area contributed by atoms with Crippen molar-refractivity contribution in [1.82, 2.24) is 10.2 Å². The van der Waals surface area contributed by atoms with Gasteiger partial charge < -0.3 is 15.0 Å². The van der Waals surface area contributed by atoms with Gasteiger partial charge in [0.05, 0.1) is 11.8 Å². The van der Waals surface area contributed by atoms with Crippen LogP contribution in [0.3, 0.4) is 0 Å². The van der Waals surface area contributed by atoms with Crippen molar-refractivity contribution < 1.29 is 9.53 Å². The molecule has 0 unspecified atom stereocenters. The minimum atomic E-state index is -0.205. The van der Waals surface area contributed by atoms with Gasteiger partial charge in [0.1, 0.15) is 5.69 Å². The maximum absolute atomic E-state index is 12.5. The SMILES string of the molecule is COC1CCN(c2ccc(NC(=O)c3cc(-c4ccccc4)n[nH]3)cc2)CC1. The number of nitrogens with zero attached hydrogens (tertiary/aromatic N) is 2. The molecule has 144 valence electrons. The Bertz CT molecular complexity index is 913. The van der Waals surface area contributed by atoms with E-state index in [-0.39, 0.29) is 5.91 Å². The highest BCUT2D eigenvalue weighted by Crippen LogP contribution is 2.23. The average Bonchev–Trinajstić information content (AvgIpc) is 3.26. The molecule has 1 amide bonds. The van der Waals surface area contributed by atoms with Crippen LogP contribution < -0.4 is 10.2 Å². The normalized spacial score (nSPS) is 14.8. The smallest absolute Gasteiger partial charge is 0.273 e. The molecular weight excluding hydrogens is 352 g/mol. The molecule has 0 bridgehead atoms. The summed E-state index contributed by atoms with van der Waals surface area (Å²) >= 11 is 0. The zero-order valence-corrected chi connectivity index (χ0v) is 15.9. The number of methoxy groups -OCH3 is 1. The van der Waals surface area contributed by atoms with E-state index in [1.165, 1.54) is 5.69 Å². The first-order valence-corrected chi connectivity index (χ1v) is 9.53. The third-order valence-corrected chi connectivity index (χ3v) is 5.16. The number of hydrogen-bond donors (Lipinski definition) is 2. The van der Waals surface area contributed by atoms with E-state index in [1.807, 2.05) is 54.6 Å². The predicted octanol–water partition coefficient (Wildman–Crippen LogP) is 3.94. The Morgan fingerprint density at radius 2 is 1.82 bits per heavy atom. The number of nitrogens with one attached hydrogen (secondary N) is 2. The Hall–Kier alpha value is -3.12. The zero-order valence-electron chi connectivity index (χ0n) is 15.9. The van der Waals surface area contributed by atoms with Crippen LogP contribution in [-0.2, 0) is 4.74 Å². The van der Waals surface area contributed by atoms with Crippen molar-refractivity contribution in [3.05, 3.63) is 66.4 Å². The molecule has 0 radical (unpaired) electrons. The van der Waals surface area contributed by atoms with Gasteiger partial charge in [0.15, 0.2) is 0 Å². The number of hydrogen-bond acceptors (Lipinski definition) is 4. The molecule has 1 saturated heterocycles. The van der Waals surface area contributed by atoms with Crippen molar-refractivity contribution in [2.45, 2.75) is 18.9 Å². The summed E-state index contributed by atoms with van der Waals surface area (Å²) in [6.07, 6.45) is 2.45. The Kier molecular flexibility index (Phi) is 5.39. The maximum atomic E-state index is 12.5. The van der Waals surface area contributed by atoms with Crippen molar-refractivity contribution in [3.8, 4) is 11.3 Å². The molecule has 0 saturated carbocycles. The van der Waals surface area contributed by atoms with E-state index in [2.05, 4.69) is 20.4 Å². The maximum Gasteiger partial charge on any atom is 0.273 e. The number of benzene rings is 2. The van der Waals surface area contributed by atoms with Gasteiger partial charge in [0, 0.05) is 37.1 Å². The standard InChI is InChI=1S/C22H24N4O2/c1-28-19-11-13-26(14-12-19)18-9-7-17(8-10-18)23-22(27)21-15-20(24-25-21)16-5-3-2-4-6-16/h2-10,15,19H,11-14H2,1H3,(H,23,27)(H,24,25). The number of H-pyrrole nitrogens is 1. The van der Waals surface area contributed by atoms with E-state index >= 15 is 0 Å². The molecule has 0 atom stereocenters. The molecule has 6 nitrogen and oxygen atoms in total. The highest BCUT2D eigenvalue weighted by atomic mass is 16.5. The van der Waals surface area contributed by atoms with Gasteiger partial charge in [-0.1, -0.05) is 30.3 Å². The first-order valence-electron chi connectivity index (χ1n) is 9.53. The molecule has 28 heavy (non-hydrogen) atoms. The van der Waals surface area contributed by atoms with Crippen LogP contribution in [0.5, 0.6) is 0 Å². The van der Waals surface area contributed by atoms with Crippen LogP contribution >= 0.6 is 0 Å². The summed E-state index contributed by atoms with van der Waals surface area (Å²) in [6, 6.07) is 19.5. The van der Waals surface area contributed by atoms with Gasteiger partial charge in [-0.15, -0.1) is 0 Å².